The highest BCUT2D eigenvalue weighted by Crippen LogP contribution is 2.12. The molecule has 0 amide bonds. The molecule has 1 atom stereocenters. The van der Waals surface area contributed by atoms with E-state index in [0.717, 1.165) is 5.30 Å². The Balaban J connectivity index is 2.87. The van der Waals surface area contributed by atoms with Gasteiger partial charge in [-0.2, -0.15) is 5.26 Å². The van der Waals surface area contributed by atoms with E-state index in [9.17, 15) is 10.1 Å². The van der Waals surface area contributed by atoms with E-state index in [-0.39, 0.29) is 14.3 Å². The summed E-state index contributed by atoms with van der Waals surface area (Å²) in [5.41, 5.74) is 0.0569. The molecule has 0 spiro atoms. The Morgan fingerprint density at radius 2 is 2.00 bits per heavy atom. The van der Waals surface area contributed by atoms with Gasteiger partial charge < -0.3 is 0 Å². The van der Waals surface area contributed by atoms with Crippen molar-refractivity contribution in [2.24, 2.45) is 0 Å². The molecule has 0 aliphatic rings. The molecule has 0 N–H and O–H groups in total. The first-order valence-electron chi connectivity index (χ1n) is 3.13. The van der Waals surface area contributed by atoms with Crippen LogP contribution in [0.2, 0.25) is 0 Å². The van der Waals surface area contributed by atoms with Gasteiger partial charge in [-0.1, -0.05) is 0 Å². The van der Waals surface area contributed by atoms with E-state index in [1.165, 1.54) is 12.1 Å². The summed E-state index contributed by atoms with van der Waals surface area (Å²) >= 11 is 0. The average Bonchev–Trinajstić information content (AvgIpc) is 2.06. The lowest BCUT2D eigenvalue weighted by Gasteiger charge is -1.92. The summed E-state index contributed by atoms with van der Waals surface area (Å²) in [5, 5.41) is 19.4. The Labute approximate surface area is 70.8 Å². The largest absolute Gasteiger partial charge is 0.269 e. The van der Waals surface area contributed by atoms with E-state index in [1.807, 2.05) is 5.81 Å². The van der Waals surface area contributed by atoms with Crippen molar-refractivity contribution in [1.29, 1.82) is 5.26 Å². The van der Waals surface area contributed by atoms with Gasteiger partial charge in [0.15, 0.2) is 0 Å². The highest BCUT2D eigenvalue weighted by atomic mass is 31.1. The van der Waals surface area contributed by atoms with E-state index in [0.29, 0.717) is 0 Å². The van der Waals surface area contributed by atoms with Crippen molar-refractivity contribution in [3.05, 3.63) is 34.4 Å². The molecule has 0 radical (unpaired) electrons. The van der Waals surface area contributed by atoms with Gasteiger partial charge >= 0.3 is 0 Å². The number of nitro groups is 1. The number of nitro benzene ring substituents is 1. The molecule has 4 nitrogen and oxygen atoms in total. The second kappa shape index (κ2) is 3.80. The fourth-order valence-corrected chi connectivity index (χ4v) is 1.19. The summed E-state index contributed by atoms with van der Waals surface area (Å²) < 4.78 is 0. The molecule has 1 aromatic rings. The van der Waals surface area contributed by atoms with Gasteiger partial charge in [0.05, 0.1) is 10.7 Å². The van der Waals surface area contributed by atoms with Crippen molar-refractivity contribution >= 4 is 19.6 Å². The summed E-state index contributed by atoms with van der Waals surface area (Å²) in [4.78, 5) is 9.75. The van der Waals surface area contributed by atoms with Crippen LogP contribution >= 0.6 is 8.58 Å². The Morgan fingerprint density at radius 1 is 1.42 bits per heavy atom. The van der Waals surface area contributed by atoms with Crippen LogP contribution in [0.1, 0.15) is 0 Å². The molecule has 0 aliphatic heterocycles. The minimum absolute atomic E-state index is 0.0569. The van der Waals surface area contributed by atoms with Crippen LogP contribution in [0.25, 0.3) is 0 Å². The van der Waals surface area contributed by atoms with E-state index in [1.54, 1.807) is 12.1 Å². The van der Waals surface area contributed by atoms with Gasteiger partial charge in [-0.3, -0.25) is 10.1 Å². The lowest BCUT2D eigenvalue weighted by Crippen LogP contribution is -1.93. The van der Waals surface area contributed by atoms with Gasteiger partial charge in [-0.25, -0.2) is 0 Å². The lowest BCUT2D eigenvalue weighted by atomic mass is 10.3. The second-order valence-electron chi connectivity index (χ2n) is 2.04. The van der Waals surface area contributed by atoms with Crippen LogP contribution in [0.15, 0.2) is 24.3 Å². The molecule has 0 fully saturated rings. The molecule has 60 valence electrons. The standard InChI is InChI=1S/C7H5N2O2P/c8-5-12-7-3-1-6(2-4-7)9(10)11/h1-4,12H. The number of benzene rings is 1. The van der Waals surface area contributed by atoms with Crippen LogP contribution in [0, 0.1) is 21.2 Å². The minimum Gasteiger partial charge on any atom is -0.258 e. The summed E-state index contributed by atoms with van der Waals surface area (Å²) in [6, 6.07) is 6.00. The monoisotopic (exact) mass is 180 g/mol. The third-order valence-corrected chi connectivity index (χ3v) is 2.01. The van der Waals surface area contributed by atoms with Gasteiger partial charge in [-0.05, 0) is 17.4 Å². The number of hydrogen-bond donors (Lipinski definition) is 0. The third kappa shape index (κ3) is 2.01. The maximum absolute atomic E-state index is 10.2. The Bertz CT molecular complexity index is 328. The van der Waals surface area contributed by atoms with E-state index < -0.39 is 4.92 Å². The van der Waals surface area contributed by atoms with Crippen LogP contribution < -0.4 is 5.30 Å². The maximum Gasteiger partial charge on any atom is 0.269 e. The molecule has 1 rings (SSSR count). The van der Waals surface area contributed by atoms with Crippen molar-refractivity contribution in [3.8, 4) is 5.81 Å². The first-order valence-corrected chi connectivity index (χ1v) is 4.13. The van der Waals surface area contributed by atoms with E-state index >= 15 is 0 Å². The van der Waals surface area contributed by atoms with Crippen molar-refractivity contribution in [1.82, 2.24) is 0 Å². The summed E-state index contributed by atoms with van der Waals surface area (Å²) in [6.45, 7) is 0. The van der Waals surface area contributed by atoms with Crippen molar-refractivity contribution < 1.29 is 4.92 Å². The zero-order valence-electron chi connectivity index (χ0n) is 6.02. The number of hydrogen-bond acceptors (Lipinski definition) is 3. The zero-order valence-corrected chi connectivity index (χ0v) is 7.02. The second-order valence-corrected chi connectivity index (χ2v) is 3.09. The fraction of sp³-hybridized carbons (Fsp3) is 0. The van der Waals surface area contributed by atoms with Crippen LogP contribution in [-0.4, -0.2) is 4.92 Å². The molecule has 12 heavy (non-hydrogen) atoms. The van der Waals surface area contributed by atoms with Gasteiger partial charge in [0.25, 0.3) is 5.69 Å². The van der Waals surface area contributed by atoms with Gasteiger partial charge in [0, 0.05) is 20.7 Å². The Kier molecular flexibility index (Phi) is 2.73. The molecular weight excluding hydrogens is 175 g/mol. The smallest absolute Gasteiger partial charge is 0.258 e. The Morgan fingerprint density at radius 3 is 2.42 bits per heavy atom. The average molecular weight is 180 g/mol. The molecule has 0 bridgehead atoms. The third-order valence-electron chi connectivity index (χ3n) is 1.28. The molecule has 0 heterocycles. The van der Waals surface area contributed by atoms with Crippen LogP contribution in [0.3, 0.4) is 0 Å². The molecule has 0 saturated heterocycles. The summed E-state index contributed by atoms with van der Waals surface area (Å²) in [6.07, 6.45) is 0. The van der Waals surface area contributed by atoms with Crippen LogP contribution in [-0.2, 0) is 0 Å². The quantitative estimate of drug-likeness (QED) is 0.392. The highest BCUT2D eigenvalue weighted by molar-refractivity contribution is 7.52. The van der Waals surface area contributed by atoms with Crippen LogP contribution in [0.4, 0.5) is 5.69 Å². The van der Waals surface area contributed by atoms with Crippen molar-refractivity contribution in [2.75, 3.05) is 0 Å². The molecule has 0 aromatic heterocycles. The molecule has 1 unspecified atom stereocenters. The predicted molar refractivity (Wildman–Crippen MR) is 46.7 cm³/mol. The summed E-state index contributed by atoms with van der Waals surface area (Å²) in [7, 11) is 0.0600. The lowest BCUT2D eigenvalue weighted by molar-refractivity contribution is -0.384. The Hall–Kier alpha value is -1.46. The maximum atomic E-state index is 10.2. The van der Waals surface area contributed by atoms with Gasteiger partial charge in [0.2, 0.25) is 0 Å². The first-order chi connectivity index (χ1) is 5.74. The molecule has 1 aromatic carbocycles. The number of rotatable bonds is 2. The number of non-ortho nitro benzene ring substituents is 1. The van der Waals surface area contributed by atoms with Gasteiger partial charge in [0.1, 0.15) is 0 Å². The zero-order chi connectivity index (χ0) is 8.97. The number of nitrogens with zero attached hydrogens (tertiary/aromatic N) is 2. The topological polar surface area (TPSA) is 66.9 Å². The number of nitriles is 1. The van der Waals surface area contributed by atoms with E-state index in [4.69, 9.17) is 5.26 Å². The first kappa shape index (κ1) is 8.63. The minimum atomic E-state index is -0.459. The van der Waals surface area contributed by atoms with Crippen molar-refractivity contribution in [3.63, 3.8) is 0 Å². The molecule has 0 aliphatic carbocycles. The molecule has 5 heteroatoms. The molecular formula is C7H5N2O2P. The van der Waals surface area contributed by atoms with Crippen molar-refractivity contribution in [2.45, 2.75) is 0 Å². The van der Waals surface area contributed by atoms with Gasteiger partial charge in [-0.15, -0.1) is 0 Å². The van der Waals surface area contributed by atoms with E-state index in [2.05, 4.69) is 0 Å². The molecule has 0 saturated carbocycles. The highest BCUT2D eigenvalue weighted by Gasteiger charge is 2.02. The summed E-state index contributed by atoms with van der Waals surface area (Å²) in [5.74, 6) is 1.99. The van der Waals surface area contributed by atoms with Crippen LogP contribution in [0.5, 0.6) is 0 Å². The fourth-order valence-electron chi connectivity index (χ4n) is 0.731. The normalized spacial score (nSPS) is 9.92. The SMILES string of the molecule is N#CPc1ccc([N+](=O)[O-])cc1. The predicted octanol–water partition coefficient (Wildman–Crippen LogP) is 1.38.